The van der Waals surface area contributed by atoms with Crippen molar-refractivity contribution in [1.29, 1.82) is 0 Å². The van der Waals surface area contributed by atoms with E-state index in [1.807, 2.05) is 6.07 Å². The van der Waals surface area contributed by atoms with Gasteiger partial charge in [-0.05, 0) is 23.8 Å². The molecule has 1 amide bonds. The molecule has 1 N–H and O–H groups in total. The molecule has 0 aliphatic rings. The number of nitrogens with one attached hydrogen (secondary N) is 1. The number of para-hydroxylation sites is 1. The molecule has 0 saturated carbocycles. The summed E-state index contributed by atoms with van der Waals surface area (Å²) in [4.78, 5) is 22.9. The van der Waals surface area contributed by atoms with Gasteiger partial charge in [0, 0.05) is 17.0 Å². The Morgan fingerprint density at radius 3 is 2.52 bits per heavy atom. The van der Waals surface area contributed by atoms with Gasteiger partial charge >= 0.3 is 0 Å². The summed E-state index contributed by atoms with van der Waals surface area (Å²) >= 11 is 13.2. The number of benzene rings is 2. The molecule has 23 heavy (non-hydrogen) atoms. The summed E-state index contributed by atoms with van der Waals surface area (Å²) in [6, 6.07) is 11.4. The Morgan fingerprint density at radius 2 is 1.83 bits per heavy atom. The van der Waals surface area contributed by atoms with E-state index in [9.17, 15) is 14.7 Å². The quantitative estimate of drug-likeness (QED) is 0.849. The van der Waals surface area contributed by atoms with Crippen LogP contribution in [0.3, 0.4) is 0 Å². The molecule has 4 nitrogen and oxygen atoms in total. The predicted octanol–water partition coefficient (Wildman–Crippen LogP) is 3.23. The van der Waals surface area contributed by atoms with Crippen molar-refractivity contribution < 1.29 is 14.7 Å². The van der Waals surface area contributed by atoms with Crippen molar-refractivity contribution in [2.75, 3.05) is 11.1 Å². The first-order valence-corrected chi connectivity index (χ1v) is 8.50. The Morgan fingerprint density at radius 1 is 1.09 bits per heavy atom. The third-order valence-corrected chi connectivity index (χ3v) is 4.65. The number of anilines is 1. The van der Waals surface area contributed by atoms with E-state index in [1.165, 1.54) is 23.9 Å². The van der Waals surface area contributed by atoms with Crippen LogP contribution in [0.15, 0.2) is 42.5 Å². The zero-order valence-electron chi connectivity index (χ0n) is 11.8. The second-order valence-corrected chi connectivity index (χ2v) is 6.42. The standard InChI is InChI=1S/C16H13Cl2NO3S/c17-12-6-5-10(7-13(12)18)8-23-9-15(20)19-14-4-2-1-3-11(14)16(21)22/h1-7H,8-9H2,(H,19,20)(H,21,22)/p-1. The van der Waals surface area contributed by atoms with Crippen LogP contribution in [0.1, 0.15) is 15.9 Å². The molecule has 0 radical (unpaired) electrons. The van der Waals surface area contributed by atoms with Gasteiger partial charge in [0.25, 0.3) is 0 Å². The number of aromatic carboxylic acids is 1. The van der Waals surface area contributed by atoms with Crippen LogP contribution in [0, 0.1) is 0 Å². The molecule has 120 valence electrons. The van der Waals surface area contributed by atoms with E-state index >= 15 is 0 Å². The van der Waals surface area contributed by atoms with Crippen molar-refractivity contribution in [3.63, 3.8) is 0 Å². The van der Waals surface area contributed by atoms with Gasteiger partial charge in [-0.1, -0.05) is 47.5 Å². The lowest BCUT2D eigenvalue weighted by atomic mass is 10.2. The topological polar surface area (TPSA) is 69.2 Å². The van der Waals surface area contributed by atoms with Crippen LogP contribution in [0.25, 0.3) is 0 Å². The number of carboxylic acid groups (broad SMARTS) is 1. The van der Waals surface area contributed by atoms with Crippen molar-refractivity contribution in [3.8, 4) is 0 Å². The van der Waals surface area contributed by atoms with Gasteiger partial charge in [-0.2, -0.15) is 0 Å². The normalized spacial score (nSPS) is 10.3. The van der Waals surface area contributed by atoms with Gasteiger partial charge in [0.15, 0.2) is 0 Å². The van der Waals surface area contributed by atoms with Crippen LogP contribution in [-0.4, -0.2) is 17.6 Å². The Balaban J connectivity index is 1.88. The fourth-order valence-corrected chi connectivity index (χ4v) is 2.94. The Kier molecular flexibility index (Phi) is 6.33. The number of halogens is 2. The third kappa shape index (κ3) is 5.16. The van der Waals surface area contributed by atoms with Gasteiger partial charge in [0.2, 0.25) is 5.91 Å². The van der Waals surface area contributed by atoms with E-state index in [4.69, 9.17) is 23.2 Å². The lowest BCUT2D eigenvalue weighted by molar-refractivity contribution is -0.254. The van der Waals surface area contributed by atoms with E-state index in [0.717, 1.165) is 5.56 Å². The van der Waals surface area contributed by atoms with Gasteiger partial charge in [-0.3, -0.25) is 4.79 Å². The Hall–Kier alpha value is -1.69. The number of carbonyl (C=O) groups excluding carboxylic acids is 2. The van der Waals surface area contributed by atoms with Crippen molar-refractivity contribution in [1.82, 2.24) is 0 Å². The molecule has 0 aliphatic heterocycles. The van der Waals surface area contributed by atoms with Crippen molar-refractivity contribution in [2.24, 2.45) is 0 Å². The fourth-order valence-electron chi connectivity index (χ4n) is 1.85. The summed E-state index contributed by atoms with van der Waals surface area (Å²) in [5, 5.41) is 14.5. The van der Waals surface area contributed by atoms with Gasteiger partial charge in [0.05, 0.1) is 21.8 Å². The monoisotopic (exact) mass is 368 g/mol. The summed E-state index contributed by atoms with van der Waals surface area (Å²) < 4.78 is 0. The van der Waals surface area contributed by atoms with E-state index in [-0.39, 0.29) is 22.9 Å². The molecule has 0 unspecified atom stereocenters. The van der Waals surface area contributed by atoms with Gasteiger partial charge in [-0.15, -0.1) is 11.8 Å². The average Bonchev–Trinajstić information content (AvgIpc) is 2.51. The Labute approximate surface area is 147 Å². The molecule has 0 saturated heterocycles. The average molecular weight is 369 g/mol. The number of hydrogen-bond donors (Lipinski definition) is 1. The van der Waals surface area contributed by atoms with Crippen molar-refractivity contribution in [2.45, 2.75) is 5.75 Å². The molecule has 2 aromatic rings. The third-order valence-electron chi connectivity index (χ3n) is 2.91. The van der Waals surface area contributed by atoms with E-state index in [1.54, 1.807) is 24.3 Å². The van der Waals surface area contributed by atoms with E-state index in [0.29, 0.717) is 15.8 Å². The van der Waals surface area contributed by atoms with Crippen molar-refractivity contribution >= 4 is 52.5 Å². The molecular weight excluding hydrogens is 357 g/mol. The Bertz CT molecular complexity index is 737. The molecule has 0 heterocycles. The van der Waals surface area contributed by atoms with Gasteiger partial charge in [0.1, 0.15) is 0 Å². The first kappa shape index (κ1) is 17.7. The summed E-state index contributed by atoms with van der Waals surface area (Å²) in [5.74, 6) is -0.846. The molecule has 2 aromatic carbocycles. The molecule has 7 heteroatoms. The molecule has 0 atom stereocenters. The van der Waals surface area contributed by atoms with Crippen LogP contribution in [0.4, 0.5) is 5.69 Å². The molecule has 0 spiro atoms. The molecule has 2 rings (SSSR count). The molecule has 0 aromatic heterocycles. The molecular formula is C16H12Cl2NO3S-. The highest BCUT2D eigenvalue weighted by atomic mass is 35.5. The second kappa shape index (κ2) is 8.24. The summed E-state index contributed by atoms with van der Waals surface area (Å²) in [6.45, 7) is 0. The first-order chi connectivity index (χ1) is 11.0. The molecule has 0 bridgehead atoms. The highest BCUT2D eigenvalue weighted by Gasteiger charge is 2.08. The summed E-state index contributed by atoms with van der Waals surface area (Å²) in [5.41, 5.74) is 1.13. The maximum Gasteiger partial charge on any atom is 0.234 e. The van der Waals surface area contributed by atoms with Crippen LogP contribution < -0.4 is 10.4 Å². The zero-order valence-corrected chi connectivity index (χ0v) is 14.2. The highest BCUT2D eigenvalue weighted by Crippen LogP contribution is 2.24. The van der Waals surface area contributed by atoms with Crippen LogP contribution >= 0.6 is 35.0 Å². The van der Waals surface area contributed by atoms with Gasteiger partial charge in [-0.25, -0.2) is 0 Å². The minimum atomic E-state index is -1.33. The highest BCUT2D eigenvalue weighted by molar-refractivity contribution is 7.99. The summed E-state index contributed by atoms with van der Waals surface area (Å²) in [6.07, 6.45) is 0. The van der Waals surface area contributed by atoms with Crippen LogP contribution in [0.5, 0.6) is 0 Å². The van der Waals surface area contributed by atoms with Crippen molar-refractivity contribution in [3.05, 3.63) is 63.6 Å². The number of hydrogen-bond acceptors (Lipinski definition) is 4. The van der Waals surface area contributed by atoms with Gasteiger partial charge < -0.3 is 15.2 Å². The molecule has 0 fully saturated rings. The fraction of sp³-hybridized carbons (Fsp3) is 0.125. The maximum atomic E-state index is 11.9. The number of rotatable bonds is 6. The largest absolute Gasteiger partial charge is 0.545 e. The zero-order chi connectivity index (χ0) is 16.8. The second-order valence-electron chi connectivity index (χ2n) is 4.62. The number of amides is 1. The smallest absolute Gasteiger partial charge is 0.234 e. The van der Waals surface area contributed by atoms with E-state index < -0.39 is 5.97 Å². The maximum absolute atomic E-state index is 11.9. The van der Waals surface area contributed by atoms with Crippen LogP contribution in [-0.2, 0) is 10.5 Å². The van der Waals surface area contributed by atoms with E-state index in [2.05, 4.69) is 5.32 Å². The lowest BCUT2D eigenvalue weighted by Crippen LogP contribution is -2.25. The lowest BCUT2D eigenvalue weighted by Gasteiger charge is -2.11. The number of carboxylic acids is 1. The first-order valence-electron chi connectivity index (χ1n) is 6.59. The van der Waals surface area contributed by atoms with Crippen LogP contribution in [0.2, 0.25) is 10.0 Å². The minimum Gasteiger partial charge on any atom is -0.545 e. The number of carbonyl (C=O) groups is 2. The molecule has 0 aliphatic carbocycles. The predicted molar refractivity (Wildman–Crippen MR) is 92.0 cm³/mol. The minimum absolute atomic E-state index is 0.0460. The summed E-state index contributed by atoms with van der Waals surface area (Å²) in [7, 11) is 0. The SMILES string of the molecule is O=C(CSCc1ccc(Cl)c(Cl)c1)Nc1ccccc1C(=O)[O-]. The number of thioether (sulfide) groups is 1.